The second-order valence-electron chi connectivity index (χ2n) is 6.37. The van der Waals surface area contributed by atoms with Gasteiger partial charge in [-0.3, -0.25) is 0 Å². The second-order valence-corrected chi connectivity index (χ2v) is 7.43. The monoisotopic (exact) mass is 313 g/mol. The molecule has 1 rings (SSSR count). The second kappa shape index (κ2) is 9.38. The predicted octanol–water partition coefficient (Wildman–Crippen LogP) is 3.31. The Bertz CT molecular complexity index is 394. The highest BCUT2D eigenvalue weighted by Gasteiger charge is 2.16. The summed E-state index contributed by atoms with van der Waals surface area (Å²) >= 11 is 1.82. The normalized spacial score (nSPS) is 11.6. The van der Waals surface area contributed by atoms with Crippen LogP contribution < -0.4 is 10.2 Å². The van der Waals surface area contributed by atoms with E-state index in [4.69, 9.17) is 9.72 Å². The minimum absolute atomic E-state index is 0.649. The number of aryl methyl sites for hydroxylation is 1. The van der Waals surface area contributed by atoms with Gasteiger partial charge in [0.2, 0.25) is 0 Å². The molecule has 0 amide bonds. The van der Waals surface area contributed by atoms with Crippen molar-refractivity contribution in [2.24, 2.45) is 11.8 Å². The summed E-state index contributed by atoms with van der Waals surface area (Å²) in [5.41, 5.74) is 1.15. The maximum Gasteiger partial charge on any atom is 0.185 e. The fourth-order valence-electron chi connectivity index (χ4n) is 2.20. The van der Waals surface area contributed by atoms with Crippen molar-refractivity contribution in [1.82, 2.24) is 10.3 Å². The number of hydrogen-bond donors (Lipinski definition) is 1. The Balaban J connectivity index is 2.70. The molecule has 1 heterocycles. The molecule has 0 aliphatic rings. The highest BCUT2D eigenvalue weighted by molar-refractivity contribution is 7.15. The van der Waals surface area contributed by atoms with E-state index >= 15 is 0 Å². The summed E-state index contributed by atoms with van der Waals surface area (Å²) in [6, 6.07) is 0. The Kier molecular flexibility index (Phi) is 8.22. The molecule has 0 spiro atoms. The molecule has 0 saturated carbocycles. The number of hydrogen-bond acceptors (Lipinski definition) is 5. The first-order chi connectivity index (χ1) is 9.93. The van der Waals surface area contributed by atoms with Crippen LogP contribution in [0.15, 0.2) is 0 Å². The van der Waals surface area contributed by atoms with Crippen molar-refractivity contribution in [2.45, 2.75) is 41.2 Å². The molecule has 0 radical (unpaired) electrons. The molecule has 0 unspecified atom stereocenters. The zero-order valence-corrected chi connectivity index (χ0v) is 15.2. The van der Waals surface area contributed by atoms with Gasteiger partial charge in [0.25, 0.3) is 0 Å². The van der Waals surface area contributed by atoms with E-state index < -0.39 is 0 Å². The minimum Gasteiger partial charge on any atom is -0.383 e. The molecule has 1 aromatic heterocycles. The first-order valence-electron chi connectivity index (χ1n) is 7.85. The number of thiazole rings is 1. The van der Waals surface area contributed by atoms with Crippen molar-refractivity contribution in [2.75, 3.05) is 38.3 Å². The van der Waals surface area contributed by atoms with Gasteiger partial charge in [0, 0.05) is 38.2 Å². The highest BCUT2D eigenvalue weighted by Crippen LogP contribution is 2.27. The number of methoxy groups -OCH3 is 1. The Labute approximate surface area is 133 Å². The lowest BCUT2D eigenvalue weighted by Crippen LogP contribution is -2.31. The highest BCUT2D eigenvalue weighted by atomic mass is 32.1. The minimum atomic E-state index is 0.649. The molecule has 1 aromatic rings. The molecule has 0 bridgehead atoms. The summed E-state index contributed by atoms with van der Waals surface area (Å²) < 4.78 is 5.06. The molecule has 1 N–H and O–H groups in total. The first kappa shape index (κ1) is 18.4. The number of aromatic nitrogens is 1. The molecule has 0 aliphatic heterocycles. The fraction of sp³-hybridized carbons (Fsp3) is 0.812. The van der Waals surface area contributed by atoms with Crippen LogP contribution in [0, 0.1) is 18.8 Å². The third-order valence-electron chi connectivity index (χ3n) is 3.09. The fourth-order valence-corrected chi connectivity index (χ4v) is 3.25. The number of ether oxygens (including phenoxy) is 1. The van der Waals surface area contributed by atoms with Crippen LogP contribution in [0.25, 0.3) is 0 Å². The number of nitrogens with zero attached hydrogens (tertiary/aromatic N) is 2. The summed E-state index contributed by atoms with van der Waals surface area (Å²) in [5, 5.41) is 4.57. The standard InChI is InChI=1S/C16H31N3OS/c1-12(2)10-19(11-13(3)4)16-18-14(5)15(21-16)9-17-7-8-20-6/h12-13,17H,7-11H2,1-6H3. The van der Waals surface area contributed by atoms with Gasteiger partial charge >= 0.3 is 0 Å². The Morgan fingerprint density at radius 1 is 1.19 bits per heavy atom. The molecule has 0 saturated heterocycles. The van der Waals surface area contributed by atoms with Crippen LogP contribution in [0.3, 0.4) is 0 Å². The van der Waals surface area contributed by atoms with E-state index in [0.29, 0.717) is 11.8 Å². The smallest absolute Gasteiger partial charge is 0.185 e. The van der Waals surface area contributed by atoms with Crippen LogP contribution in [0.2, 0.25) is 0 Å². The molecular formula is C16H31N3OS. The van der Waals surface area contributed by atoms with Crippen LogP contribution in [-0.4, -0.2) is 38.3 Å². The Morgan fingerprint density at radius 3 is 2.33 bits per heavy atom. The molecule has 4 nitrogen and oxygen atoms in total. The van der Waals surface area contributed by atoms with Gasteiger partial charge in [-0.15, -0.1) is 11.3 Å². The van der Waals surface area contributed by atoms with E-state index in [1.165, 1.54) is 10.0 Å². The maximum absolute atomic E-state index is 5.06. The van der Waals surface area contributed by atoms with E-state index in [0.717, 1.165) is 38.5 Å². The largest absolute Gasteiger partial charge is 0.383 e. The van der Waals surface area contributed by atoms with Crippen molar-refractivity contribution in [3.63, 3.8) is 0 Å². The zero-order valence-electron chi connectivity index (χ0n) is 14.4. The van der Waals surface area contributed by atoms with Crippen LogP contribution in [-0.2, 0) is 11.3 Å². The Morgan fingerprint density at radius 2 is 1.81 bits per heavy atom. The van der Waals surface area contributed by atoms with Crippen molar-refractivity contribution in [3.05, 3.63) is 10.6 Å². The van der Waals surface area contributed by atoms with Crippen LogP contribution in [0.1, 0.15) is 38.3 Å². The lowest BCUT2D eigenvalue weighted by Gasteiger charge is -2.25. The summed E-state index contributed by atoms with van der Waals surface area (Å²) in [7, 11) is 1.73. The van der Waals surface area contributed by atoms with Crippen molar-refractivity contribution in [1.29, 1.82) is 0 Å². The summed E-state index contributed by atoms with van der Waals surface area (Å²) in [4.78, 5) is 8.56. The molecule has 0 aromatic carbocycles. The molecule has 5 heteroatoms. The molecule has 0 atom stereocenters. The SMILES string of the molecule is COCCNCc1sc(N(CC(C)C)CC(C)C)nc1C. The quantitative estimate of drug-likeness (QED) is 0.673. The van der Waals surface area contributed by atoms with Crippen molar-refractivity contribution in [3.8, 4) is 0 Å². The average molecular weight is 314 g/mol. The molecule has 0 fully saturated rings. The number of nitrogens with one attached hydrogen (secondary N) is 1. The maximum atomic E-state index is 5.06. The van der Waals surface area contributed by atoms with Gasteiger partial charge < -0.3 is 15.0 Å². The van der Waals surface area contributed by atoms with Gasteiger partial charge in [-0.25, -0.2) is 4.98 Å². The molecular weight excluding hydrogens is 282 g/mol. The van der Waals surface area contributed by atoms with Gasteiger partial charge in [0.15, 0.2) is 5.13 Å². The molecule has 0 aliphatic carbocycles. The van der Waals surface area contributed by atoms with E-state index in [1.54, 1.807) is 7.11 Å². The van der Waals surface area contributed by atoms with Gasteiger partial charge in [-0.1, -0.05) is 27.7 Å². The van der Waals surface area contributed by atoms with Gasteiger partial charge in [-0.05, 0) is 18.8 Å². The summed E-state index contributed by atoms with van der Waals surface area (Å²) in [5.74, 6) is 1.30. The van der Waals surface area contributed by atoms with Crippen molar-refractivity contribution < 1.29 is 4.74 Å². The van der Waals surface area contributed by atoms with Crippen LogP contribution in [0.5, 0.6) is 0 Å². The lowest BCUT2D eigenvalue weighted by molar-refractivity contribution is 0.199. The number of anilines is 1. The number of rotatable bonds is 10. The van der Waals surface area contributed by atoms with E-state index in [9.17, 15) is 0 Å². The summed E-state index contributed by atoms with van der Waals surface area (Å²) in [6.45, 7) is 15.8. The predicted molar refractivity (Wildman–Crippen MR) is 92.3 cm³/mol. The van der Waals surface area contributed by atoms with Gasteiger partial charge in [0.1, 0.15) is 0 Å². The van der Waals surface area contributed by atoms with Gasteiger partial charge in [0.05, 0.1) is 12.3 Å². The van der Waals surface area contributed by atoms with Gasteiger partial charge in [-0.2, -0.15) is 0 Å². The topological polar surface area (TPSA) is 37.4 Å². The Hall–Kier alpha value is -0.650. The zero-order chi connectivity index (χ0) is 15.8. The lowest BCUT2D eigenvalue weighted by atomic mass is 10.1. The third-order valence-corrected chi connectivity index (χ3v) is 4.31. The summed E-state index contributed by atoms with van der Waals surface area (Å²) in [6.07, 6.45) is 0. The molecule has 122 valence electrons. The van der Waals surface area contributed by atoms with E-state index in [-0.39, 0.29) is 0 Å². The third kappa shape index (κ3) is 6.76. The van der Waals surface area contributed by atoms with E-state index in [1.807, 2.05) is 11.3 Å². The molecule has 21 heavy (non-hydrogen) atoms. The van der Waals surface area contributed by atoms with Crippen LogP contribution >= 0.6 is 11.3 Å². The van der Waals surface area contributed by atoms with E-state index in [2.05, 4.69) is 44.8 Å². The van der Waals surface area contributed by atoms with Crippen LogP contribution in [0.4, 0.5) is 5.13 Å². The van der Waals surface area contributed by atoms with Crippen molar-refractivity contribution >= 4 is 16.5 Å². The first-order valence-corrected chi connectivity index (χ1v) is 8.66. The average Bonchev–Trinajstić information content (AvgIpc) is 2.74.